The zero-order valence-electron chi connectivity index (χ0n) is 12.5. The smallest absolute Gasteiger partial charge is 0.265 e. The molecule has 6 heteroatoms. The summed E-state index contributed by atoms with van der Waals surface area (Å²) >= 11 is 1.51. The summed E-state index contributed by atoms with van der Waals surface area (Å²) in [6, 6.07) is 0. The maximum Gasteiger partial charge on any atom is 0.265 e. The molecule has 1 aliphatic heterocycles. The maximum atomic E-state index is 12.5. The lowest BCUT2D eigenvalue weighted by Crippen LogP contribution is -2.39. The van der Waals surface area contributed by atoms with Gasteiger partial charge < -0.3 is 9.47 Å². The lowest BCUT2D eigenvalue weighted by molar-refractivity contribution is 0.0687. The van der Waals surface area contributed by atoms with Gasteiger partial charge in [-0.25, -0.2) is 9.97 Å². The van der Waals surface area contributed by atoms with Crippen molar-refractivity contribution in [1.29, 1.82) is 0 Å². The largest absolute Gasteiger partial charge is 0.338 e. The number of amides is 1. The number of thiazole rings is 1. The van der Waals surface area contributed by atoms with Crippen LogP contribution in [0.25, 0.3) is 0 Å². The number of piperidine rings is 1. The van der Waals surface area contributed by atoms with E-state index in [4.69, 9.17) is 0 Å². The highest BCUT2D eigenvalue weighted by atomic mass is 32.1. The zero-order valence-corrected chi connectivity index (χ0v) is 13.3. The highest BCUT2D eigenvalue weighted by molar-refractivity contribution is 7.13. The number of aromatic nitrogens is 3. The monoisotopic (exact) mass is 304 g/mol. The average molecular weight is 304 g/mol. The Morgan fingerprint density at radius 3 is 2.71 bits per heavy atom. The number of hydrogen-bond acceptors (Lipinski definition) is 4. The molecule has 0 saturated carbocycles. The molecule has 0 radical (unpaired) electrons. The van der Waals surface area contributed by atoms with Gasteiger partial charge in [-0.2, -0.15) is 0 Å². The molecule has 2 aromatic rings. The van der Waals surface area contributed by atoms with E-state index in [9.17, 15) is 4.79 Å². The summed E-state index contributed by atoms with van der Waals surface area (Å²) in [6.45, 7) is 6.55. The minimum atomic E-state index is 0.152. The van der Waals surface area contributed by atoms with Crippen LogP contribution in [0.15, 0.2) is 18.7 Å². The molecule has 0 bridgehead atoms. The standard InChI is InChI=1S/C15H20N4OS/c1-11-14(21-12(2)17-11)15(20)19-6-3-13(4-7-19)9-18-8-5-16-10-18/h5,8,10,13H,3-4,6-7,9H2,1-2H3. The molecule has 0 spiro atoms. The third-order valence-corrected chi connectivity index (χ3v) is 5.09. The fraction of sp³-hybridized carbons (Fsp3) is 0.533. The Morgan fingerprint density at radius 2 is 2.14 bits per heavy atom. The van der Waals surface area contributed by atoms with Crippen LogP contribution >= 0.6 is 11.3 Å². The van der Waals surface area contributed by atoms with Crippen molar-refractivity contribution in [1.82, 2.24) is 19.4 Å². The SMILES string of the molecule is Cc1nc(C)c(C(=O)N2CCC(Cn3ccnc3)CC2)s1. The zero-order chi connectivity index (χ0) is 14.8. The van der Waals surface area contributed by atoms with Crippen LogP contribution in [0.4, 0.5) is 0 Å². The number of likely N-dealkylation sites (tertiary alicyclic amines) is 1. The first kappa shape index (κ1) is 14.3. The van der Waals surface area contributed by atoms with Crippen molar-refractivity contribution < 1.29 is 4.79 Å². The molecule has 1 fully saturated rings. The van der Waals surface area contributed by atoms with E-state index in [1.165, 1.54) is 11.3 Å². The molecule has 1 amide bonds. The van der Waals surface area contributed by atoms with Gasteiger partial charge in [0.15, 0.2) is 0 Å². The second kappa shape index (κ2) is 5.97. The van der Waals surface area contributed by atoms with Gasteiger partial charge in [0.25, 0.3) is 5.91 Å². The lowest BCUT2D eigenvalue weighted by atomic mass is 9.96. The molecule has 0 atom stereocenters. The van der Waals surface area contributed by atoms with Crippen LogP contribution in [0.3, 0.4) is 0 Å². The van der Waals surface area contributed by atoms with E-state index in [0.29, 0.717) is 5.92 Å². The Bertz CT molecular complexity index is 612. The van der Waals surface area contributed by atoms with E-state index in [0.717, 1.165) is 48.1 Å². The van der Waals surface area contributed by atoms with Crippen molar-refractivity contribution in [3.8, 4) is 0 Å². The van der Waals surface area contributed by atoms with Gasteiger partial charge in [-0.1, -0.05) is 0 Å². The normalized spacial score (nSPS) is 16.4. The van der Waals surface area contributed by atoms with Crippen LogP contribution in [0.5, 0.6) is 0 Å². The number of rotatable bonds is 3. The molecule has 0 aromatic carbocycles. The summed E-state index contributed by atoms with van der Waals surface area (Å²) in [6.07, 6.45) is 7.79. The summed E-state index contributed by atoms with van der Waals surface area (Å²) in [4.78, 5) is 23.7. The number of nitrogens with zero attached hydrogens (tertiary/aromatic N) is 4. The summed E-state index contributed by atoms with van der Waals surface area (Å²) in [5.41, 5.74) is 0.864. The van der Waals surface area contributed by atoms with Crippen LogP contribution in [0, 0.1) is 19.8 Å². The summed E-state index contributed by atoms with van der Waals surface area (Å²) in [7, 11) is 0. The van der Waals surface area contributed by atoms with Crippen molar-refractivity contribution >= 4 is 17.2 Å². The molecule has 112 valence electrons. The topological polar surface area (TPSA) is 51.0 Å². The molecule has 1 aliphatic rings. The first-order valence-corrected chi connectivity index (χ1v) is 8.14. The molecule has 3 heterocycles. The van der Waals surface area contributed by atoms with Crippen LogP contribution in [-0.2, 0) is 6.54 Å². The molecule has 3 rings (SSSR count). The molecule has 5 nitrogen and oxygen atoms in total. The van der Waals surface area contributed by atoms with Crippen molar-refractivity contribution in [2.75, 3.05) is 13.1 Å². The third-order valence-electron chi connectivity index (χ3n) is 4.03. The number of aryl methyl sites for hydroxylation is 2. The van der Waals surface area contributed by atoms with E-state index in [1.54, 1.807) is 0 Å². The van der Waals surface area contributed by atoms with Gasteiger partial charge in [-0.15, -0.1) is 11.3 Å². The molecule has 0 unspecified atom stereocenters. The molecule has 0 N–H and O–H groups in total. The molecule has 2 aromatic heterocycles. The number of carbonyl (C=O) groups excluding carboxylic acids is 1. The van der Waals surface area contributed by atoms with Crippen molar-refractivity contribution in [2.24, 2.45) is 5.92 Å². The van der Waals surface area contributed by atoms with E-state index in [2.05, 4.69) is 14.5 Å². The predicted molar refractivity (Wildman–Crippen MR) is 82.4 cm³/mol. The van der Waals surface area contributed by atoms with Crippen LogP contribution < -0.4 is 0 Å². The molecule has 0 aliphatic carbocycles. The van der Waals surface area contributed by atoms with Crippen LogP contribution in [0.1, 0.15) is 33.2 Å². The fourth-order valence-electron chi connectivity index (χ4n) is 2.88. The number of carbonyl (C=O) groups is 1. The summed E-state index contributed by atoms with van der Waals surface area (Å²) in [5, 5.41) is 0.964. The highest BCUT2D eigenvalue weighted by Crippen LogP contribution is 2.24. The van der Waals surface area contributed by atoms with Gasteiger partial charge in [-0.3, -0.25) is 4.79 Å². The van der Waals surface area contributed by atoms with Gasteiger partial charge in [0, 0.05) is 32.0 Å². The first-order valence-electron chi connectivity index (χ1n) is 7.32. The van der Waals surface area contributed by atoms with Gasteiger partial charge in [-0.05, 0) is 32.6 Å². The predicted octanol–water partition coefficient (Wildman–Crippen LogP) is 2.51. The van der Waals surface area contributed by atoms with Crippen LogP contribution in [-0.4, -0.2) is 38.4 Å². The quantitative estimate of drug-likeness (QED) is 0.875. The van der Waals surface area contributed by atoms with Gasteiger partial charge >= 0.3 is 0 Å². The molecular formula is C15H20N4OS. The molecular weight excluding hydrogens is 284 g/mol. The average Bonchev–Trinajstić information content (AvgIpc) is 3.08. The minimum absolute atomic E-state index is 0.152. The number of imidazole rings is 1. The first-order chi connectivity index (χ1) is 10.1. The van der Waals surface area contributed by atoms with Gasteiger partial charge in [0.1, 0.15) is 4.88 Å². The van der Waals surface area contributed by atoms with Crippen molar-refractivity contribution in [2.45, 2.75) is 33.2 Å². The minimum Gasteiger partial charge on any atom is -0.338 e. The van der Waals surface area contributed by atoms with E-state index in [-0.39, 0.29) is 5.91 Å². The molecule has 21 heavy (non-hydrogen) atoms. The van der Waals surface area contributed by atoms with Crippen molar-refractivity contribution in [3.05, 3.63) is 34.3 Å². The Balaban J connectivity index is 1.58. The molecule has 1 saturated heterocycles. The third kappa shape index (κ3) is 3.15. The van der Waals surface area contributed by atoms with Gasteiger partial charge in [0.2, 0.25) is 0 Å². The maximum absolute atomic E-state index is 12.5. The fourth-order valence-corrected chi connectivity index (χ4v) is 3.77. The van der Waals surface area contributed by atoms with E-state index >= 15 is 0 Å². The Morgan fingerprint density at radius 1 is 1.38 bits per heavy atom. The second-order valence-corrected chi connectivity index (χ2v) is 6.85. The highest BCUT2D eigenvalue weighted by Gasteiger charge is 2.26. The Hall–Kier alpha value is -1.69. The Kier molecular flexibility index (Phi) is 4.05. The van der Waals surface area contributed by atoms with E-state index in [1.807, 2.05) is 37.5 Å². The summed E-state index contributed by atoms with van der Waals surface area (Å²) < 4.78 is 2.12. The van der Waals surface area contributed by atoms with Crippen LogP contribution in [0.2, 0.25) is 0 Å². The summed E-state index contributed by atoms with van der Waals surface area (Å²) in [5.74, 6) is 0.784. The van der Waals surface area contributed by atoms with Crippen molar-refractivity contribution in [3.63, 3.8) is 0 Å². The van der Waals surface area contributed by atoms with E-state index < -0.39 is 0 Å². The number of hydrogen-bond donors (Lipinski definition) is 0. The lowest BCUT2D eigenvalue weighted by Gasteiger charge is -2.32. The second-order valence-electron chi connectivity index (χ2n) is 5.64. The Labute approximate surface area is 128 Å². The van der Waals surface area contributed by atoms with Gasteiger partial charge in [0.05, 0.1) is 17.0 Å².